The number of rotatable bonds is 5. The molecule has 0 heterocycles. The lowest BCUT2D eigenvalue weighted by Crippen LogP contribution is -2.32. The number of anilines is 1. The first kappa shape index (κ1) is 15.1. The molecule has 0 amide bonds. The van der Waals surface area contributed by atoms with Gasteiger partial charge in [0.25, 0.3) is 0 Å². The van der Waals surface area contributed by atoms with Crippen LogP contribution in [-0.2, 0) is 9.53 Å². The van der Waals surface area contributed by atoms with E-state index < -0.39 is 0 Å². The zero-order chi connectivity index (χ0) is 15.4. The molecule has 0 saturated carbocycles. The van der Waals surface area contributed by atoms with Crippen molar-refractivity contribution in [1.29, 1.82) is 0 Å². The number of fused-ring (bicyclic) bond motifs is 1. The molecule has 0 aliphatic carbocycles. The summed E-state index contributed by atoms with van der Waals surface area (Å²) in [5.74, 6) is -0.353. The Bertz CT molecular complexity index is 658. The monoisotopic (exact) mass is 283 g/mol. The third kappa shape index (κ3) is 3.63. The lowest BCUT2D eigenvalue weighted by Gasteiger charge is -2.23. The average molecular weight is 283 g/mol. The van der Waals surface area contributed by atoms with E-state index in [4.69, 9.17) is 4.74 Å². The Morgan fingerprint density at radius 3 is 2.52 bits per heavy atom. The molecule has 3 heteroatoms. The van der Waals surface area contributed by atoms with Crippen molar-refractivity contribution in [3.63, 3.8) is 0 Å². The van der Waals surface area contributed by atoms with Gasteiger partial charge in [0.1, 0.15) is 6.10 Å². The van der Waals surface area contributed by atoms with Gasteiger partial charge >= 0.3 is 5.97 Å². The van der Waals surface area contributed by atoms with E-state index in [1.165, 1.54) is 5.39 Å². The van der Waals surface area contributed by atoms with E-state index >= 15 is 0 Å². The van der Waals surface area contributed by atoms with Gasteiger partial charge in [-0.15, -0.1) is 0 Å². The molecule has 2 rings (SSSR count). The van der Waals surface area contributed by atoms with E-state index in [9.17, 15) is 4.79 Å². The summed E-state index contributed by atoms with van der Waals surface area (Å²) in [4.78, 5) is 11.6. The normalized spacial score (nSPS) is 13.5. The maximum Gasteiger partial charge on any atom is 0.333 e. The second kappa shape index (κ2) is 6.44. The van der Waals surface area contributed by atoms with Gasteiger partial charge in [-0.25, -0.2) is 4.79 Å². The minimum absolute atomic E-state index is 0.000828. The van der Waals surface area contributed by atoms with E-state index in [0.717, 1.165) is 11.1 Å². The van der Waals surface area contributed by atoms with Gasteiger partial charge in [0.15, 0.2) is 0 Å². The topological polar surface area (TPSA) is 38.3 Å². The van der Waals surface area contributed by atoms with Crippen molar-refractivity contribution in [3.05, 3.63) is 54.6 Å². The minimum atomic E-state index is -0.353. The third-order valence-corrected chi connectivity index (χ3v) is 3.52. The van der Waals surface area contributed by atoms with Crippen LogP contribution in [0, 0.1) is 0 Å². The SMILES string of the molecule is C=C(C)C(=O)OC(C)C(C)Nc1cccc2ccccc12. The van der Waals surface area contributed by atoms with Gasteiger partial charge in [-0.2, -0.15) is 0 Å². The van der Waals surface area contributed by atoms with Gasteiger partial charge < -0.3 is 10.1 Å². The number of carbonyl (C=O) groups is 1. The summed E-state index contributed by atoms with van der Waals surface area (Å²) in [7, 11) is 0. The molecule has 0 aromatic heterocycles. The fourth-order valence-corrected chi connectivity index (χ4v) is 2.09. The average Bonchev–Trinajstić information content (AvgIpc) is 2.47. The van der Waals surface area contributed by atoms with Gasteiger partial charge in [0, 0.05) is 16.6 Å². The molecule has 110 valence electrons. The van der Waals surface area contributed by atoms with Gasteiger partial charge in [-0.05, 0) is 32.2 Å². The Morgan fingerprint density at radius 1 is 1.14 bits per heavy atom. The molecule has 2 atom stereocenters. The number of nitrogens with one attached hydrogen (secondary N) is 1. The van der Waals surface area contributed by atoms with Crippen LogP contribution in [0.5, 0.6) is 0 Å². The summed E-state index contributed by atoms with van der Waals surface area (Å²) in [5.41, 5.74) is 1.46. The van der Waals surface area contributed by atoms with Crippen LogP contribution in [0.15, 0.2) is 54.6 Å². The van der Waals surface area contributed by atoms with Crippen molar-refractivity contribution in [1.82, 2.24) is 0 Å². The molecule has 2 unspecified atom stereocenters. The van der Waals surface area contributed by atoms with Gasteiger partial charge in [-0.3, -0.25) is 0 Å². The Kier molecular flexibility index (Phi) is 4.63. The van der Waals surface area contributed by atoms with Crippen molar-refractivity contribution in [2.45, 2.75) is 32.9 Å². The molecule has 1 N–H and O–H groups in total. The lowest BCUT2D eigenvalue weighted by atomic mass is 10.1. The fraction of sp³-hybridized carbons (Fsp3) is 0.278. The van der Waals surface area contributed by atoms with Crippen LogP contribution in [0.4, 0.5) is 5.69 Å². The molecule has 0 aliphatic rings. The van der Waals surface area contributed by atoms with E-state index in [1.807, 2.05) is 38.1 Å². The summed E-state index contributed by atoms with van der Waals surface area (Å²) in [6.07, 6.45) is -0.242. The minimum Gasteiger partial charge on any atom is -0.457 e. The summed E-state index contributed by atoms with van der Waals surface area (Å²) in [5, 5.41) is 5.76. The highest BCUT2D eigenvalue weighted by atomic mass is 16.5. The summed E-state index contributed by atoms with van der Waals surface area (Å²) < 4.78 is 5.36. The molecule has 0 spiro atoms. The highest BCUT2D eigenvalue weighted by molar-refractivity contribution is 5.94. The Morgan fingerprint density at radius 2 is 1.81 bits per heavy atom. The van der Waals surface area contributed by atoms with Crippen molar-refractivity contribution < 1.29 is 9.53 Å². The Labute approximate surface area is 125 Å². The maximum atomic E-state index is 11.6. The van der Waals surface area contributed by atoms with Crippen molar-refractivity contribution in [2.24, 2.45) is 0 Å². The third-order valence-electron chi connectivity index (χ3n) is 3.52. The molecular formula is C18H21NO2. The Hall–Kier alpha value is -2.29. The van der Waals surface area contributed by atoms with Gasteiger partial charge in [0.05, 0.1) is 6.04 Å². The molecule has 2 aromatic carbocycles. The zero-order valence-electron chi connectivity index (χ0n) is 12.7. The van der Waals surface area contributed by atoms with Crippen LogP contribution < -0.4 is 5.32 Å². The summed E-state index contributed by atoms with van der Waals surface area (Å²) >= 11 is 0. The number of carbonyl (C=O) groups excluding carboxylic acids is 1. The van der Waals surface area contributed by atoms with Crippen molar-refractivity contribution in [3.8, 4) is 0 Å². The molecule has 3 nitrogen and oxygen atoms in total. The molecule has 0 aliphatic heterocycles. The van der Waals surface area contributed by atoms with Crippen LogP contribution in [-0.4, -0.2) is 18.1 Å². The number of hydrogen-bond acceptors (Lipinski definition) is 3. The molecule has 21 heavy (non-hydrogen) atoms. The molecule has 2 aromatic rings. The van der Waals surface area contributed by atoms with Crippen LogP contribution in [0.1, 0.15) is 20.8 Å². The lowest BCUT2D eigenvalue weighted by molar-refractivity contribution is -0.143. The maximum absolute atomic E-state index is 11.6. The highest BCUT2D eigenvalue weighted by Gasteiger charge is 2.17. The second-order valence-corrected chi connectivity index (χ2v) is 5.35. The number of benzene rings is 2. The van der Waals surface area contributed by atoms with Crippen LogP contribution in [0.25, 0.3) is 10.8 Å². The number of ether oxygens (including phenoxy) is 1. The quantitative estimate of drug-likeness (QED) is 0.662. The first-order chi connectivity index (χ1) is 9.99. The number of hydrogen-bond donors (Lipinski definition) is 1. The highest BCUT2D eigenvalue weighted by Crippen LogP contribution is 2.24. The standard InChI is InChI=1S/C18H21NO2/c1-12(2)18(20)21-14(4)13(3)19-17-11-7-9-15-8-5-6-10-16(15)17/h5-11,13-14,19H,1H2,2-4H3. The molecule has 0 saturated heterocycles. The molecular weight excluding hydrogens is 262 g/mol. The van der Waals surface area contributed by atoms with Gasteiger partial charge in [0.2, 0.25) is 0 Å². The zero-order valence-corrected chi connectivity index (χ0v) is 12.7. The largest absolute Gasteiger partial charge is 0.457 e. The van der Waals surface area contributed by atoms with Crippen molar-refractivity contribution >= 4 is 22.4 Å². The first-order valence-electron chi connectivity index (χ1n) is 7.10. The van der Waals surface area contributed by atoms with Crippen molar-refractivity contribution in [2.75, 3.05) is 5.32 Å². The molecule has 0 fully saturated rings. The predicted molar refractivity (Wildman–Crippen MR) is 87.4 cm³/mol. The van der Waals surface area contributed by atoms with E-state index in [2.05, 4.69) is 30.1 Å². The summed E-state index contributed by atoms with van der Waals surface area (Å²) in [6.45, 7) is 9.12. The predicted octanol–water partition coefficient (Wildman–Crippen LogP) is 4.15. The first-order valence-corrected chi connectivity index (χ1v) is 7.10. The molecule has 0 radical (unpaired) electrons. The van der Waals surface area contributed by atoms with Crippen LogP contribution in [0.3, 0.4) is 0 Å². The van der Waals surface area contributed by atoms with Crippen LogP contribution in [0.2, 0.25) is 0 Å². The van der Waals surface area contributed by atoms with Gasteiger partial charge in [-0.1, -0.05) is 43.0 Å². The Balaban J connectivity index is 2.12. The molecule has 0 bridgehead atoms. The van der Waals surface area contributed by atoms with E-state index in [0.29, 0.717) is 5.57 Å². The summed E-state index contributed by atoms with van der Waals surface area (Å²) in [6, 6.07) is 14.3. The second-order valence-electron chi connectivity index (χ2n) is 5.35. The van der Waals surface area contributed by atoms with E-state index in [1.54, 1.807) is 6.92 Å². The smallest absolute Gasteiger partial charge is 0.333 e. The van der Waals surface area contributed by atoms with E-state index in [-0.39, 0.29) is 18.1 Å². The number of esters is 1. The fourth-order valence-electron chi connectivity index (χ4n) is 2.09. The van der Waals surface area contributed by atoms with Crippen LogP contribution >= 0.6 is 0 Å².